The van der Waals surface area contributed by atoms with Gasteiger partial charge in [0.15, 0.2) is 0 Å². The first kappa shape index (κ1) is 25.2. The third-order valence-corrected chi connectivity index (χ3v) is 7.43. The zero-order chi connectivity index (χ0) is 23.7. The predicted molar refractivity (Wildman–Crippen MR) is 121 cm³/mol. The predicted octanol–water partition coefficient (Wildman–Crippen LogP) is 1.04. The number of piperidine rings is 1. The van der Waals surface area contributed by atoms with Gasteiger partial charge < -0.3 is 20.1 Å². The summed E-state index contributed by atoms with van der Waals surface area (Å²) in [6, 6.07) is 2.58. The van der Waals surface area contributed by atoms with Crippen molar-refractivity contribution in [1.29, 1.82) is 0 Å². The minimum Gasteiger partial charge on any atom is -0.480 e. The van der Waals surface area contributed by atoms with Crippen molar-refractivity contribution in [3.05, 3.63) is 23.9 Å². The molecule has 0 bridgehead atoms. The molecule has 2 saturated heterocycles. The summed E-state index contributed by atoms with van der Waals surface area (Å²) in [4.78, 5) is 28.4. The maximum Gasteiger partial charge on any atom is 0.329 e. The Labute approximate surface area is 194 Å². The molecule has 3 N–H and O–H groups in total. The summed E-state index contributed by atoms with van der Waals surface area (Å²) < 4.78 is 39.1. The van der Waals surface area contributed by atoms with Gasteiger partial charge in [0, 0.05) is 39.0 Å². The van der Waals surface area contributed by atoms with Crippen LogP contribution in [-0.4, -0.2) is 75.6 Å². The lowest BCUT2D eigenvalue weighted by Gasteiger charge is -2.31. The van der Waals surface area contributed by atoms with Crippen molar-refractivity contribution in [3.63, 3.8) is 0 Å². The lowest BCUT2D eigenvalue weighted by molar-refractivity contribution is 0.0185. The van der Waals surface area contributed by atoms with E-state index in [1.165, 1.54) is 11.4 Å². The van der Waals surface area contributed by atoms with E-state index < -0.39 is 16.2 Å². The molecule has 0 saturated carbocycles. The van der Waals surface area contributed by atoms with E-state index in [0.29, 0.717) is 51.2 Å². The maximum atomic E-state index is 12.5. The molecule has 1 atom stereocenters. The Morgan fingerprint density at radius 2 is 2.00 bits per heavy atom. The molecule has 2 aliphatic heterocycles. The van der Waals surface area contributed by atoms with Gasteiger partial charge in [0.05, 0.1) is 13.2 Å². The standard InChI is InChI=1S/C21H33N5O6S/c1-31-20-18(6-4-10-23-20)19(27)22-11-7-16-8-12-26(13-9-16)33(29,30)25-21(28)24-15-17-5-2-3-14-32-17/h4,6,10,16-17H,2-3,5,7-9,11-15H2,1H3,(H,22,27)(H2,24,25,28). The van der Waals surface area contributed by atoms with Crippen molar-refractivity contribution in [3.8, 4) is 5.88 Å². The van der Waals surface area contributed by atoms with Crippen LogP contribution in [0.2, 0.25) is 0 Å². The summed E-state index contributed by atoms with van der Waals surface area (Å²) in [5.74, 6) is 0.301. The van der Waals surface area contributed by atoms with Crippen LogP contribution in [0, 0.1) is 5.92 Å². The van der Waals surface area contributed by atoms with Gasteiger partial charge in [-0.2, -0.15) is 12.7 Å². The smallest absolute Gasteiger partial charge is 0.329 e. The van der Waals surface area contributed by atoms with Crippen LogP contribution in [-0.2, 0) is 14.9 Å². The van der Waals surface area contributed by atoms with E-state index in [1.54, 1.807) is 18.3 Å². The van der Waals surface area contributed by atoms with Crippen LogP contribution in [0.25, 0.3) is 0 Å². The number of aromatic nitrogens is 1. The Morgan fingerprint density at radius 1 is 1.21 bits per heavy atom. The first-order valence-electron chi connectivity index (χ1n) is 11.3. The van der Waals surface area contributed by atoms with Crippen molar-refractivity contribution < 1.29 is 27.5 Å². The van der Waals surface area contributed by atoms with Gasteiger partial charge in [0.2, 0.25) is 5.88 Å². The lowest BCUT2D eigenvalue weighted by Crippen LogP contribution is -2.50. The third kappa shape index (κ3) is 7.54. The van der Waals surface area contributed by atoms with Crippen molar-refractivity contribution >= 4 is 22.1 Å². The normalized spacial score (nSPS) is 20.1. The molecule has 12 heteroatoms. The molecule has 1 aromatic rings. The van der Waals surface area contributed by atoms with E-state index in [9.17, 15) is 18.0 Å². The number of amides is 3. The number of hydrogen-bond acceptors (Lipinski definition) is 7. The van der Waals surface area contributed by atoms with E-state index in [0.717, 1.165) is 25.7 Å². The molecule has 33 heavy (non-hydrogen) atoms. The fourth-order valence-corrected chi connectivity index (χ4v) is 5.17. The highest BCUT2D eigenvalue weighted by Crippen LogP contribution is 2.22. The average Bonchev–Trinajstić information content (AvgIpc) is 2.83. The number of urea groups is 1. The van der Waals surface area contributed by atoms with Gasteiger partial charge in [-0.15, -0.1) is 0 Å². The molecule has 11 nitrogen and oxygen atoms in total. The highest BCUT2D eigenvalue weighted by atomic mass is 32.2. The van der Waals surface area contributed by atoms with Gasteiger partial charge in [0.1, 0.15) is 5.56 Å². The van der Waals surface area contributed by atoms with E-state index >= 15 is 0 Å². The molecule has 0 aliphatic carbocycles. The Morgan fingerprint density at radius 3 is 2.70 bits per heavy atom. The summed E-state index contributed by atoms with van der Waals surface area (Å²) in [5, 5.41) is 5.45. The summed E-state index contributed by atoms with van der Waals surface area (Å²) in [7, 11) is -2.43. The zero-order valence-electron chi connectivity index (χ0n) is 18.9. The molecular weight excluding hydrogens is 450 g/mol. The molecular formula is C21H33N5O6S. The second-order valence-corrected chi connectivity index (χ2v) is 9.92. The molecule has 3 rings (SSSR count). The topological polar surface area (TPSA) is 139 Å². The number of hydrogen-bond donors (Lipinski definition) is 3. The van der Waals surface area contributed by atoms with E-state index in [4.69, 9.17) is 9.47 Å². The van der Waals surface area contributed by atoms with Crippen LogP contribution in [0.15, 0.2) is 18.3 Å². The summed E-state index contributed by atoms with van der Waals surface area (Å²) in [6.45, 7) is 2.08. The van der Waals surface area contributed by atoms with Crippen LogP contribution in [0.4, 0.5) is 4.79 Å². The third-order valence-electron chi connectivity index (χ3n) is 5.95. The van der Waals surface area contributed by atoms with Gasteiger partial charge in [-0.25, -0.2) is 14.5 Å². The maximum absolute atomic E-state index is 12.5. The van der Waals surface area contributed by atoms with E-state index in [1.807, 2.05) is 0 Å². The van der Waals surface area contributed by atoms with Crippen LogP contribution >= 0.6 is 0 Å². The molecule has 0 radical (unpaired) electrons. The molecule has 2 aliphatic rings. The van der Waals surface area contributed by atoms with Gasteiger partial charge >= 0.3 is 16.2 Å². The number of nitrogens with one attached hydrogen (secondary N) is 3. The second kappa shape index (κ2) is 12.1. The Balaban J connectivity index is 1.36. The van der Waals surface area contributed by atoms with Gasteiger partial charge in [0.25, 0.3) is 5.91 Å². The number of carbonyl (C=O) groups excluding carboxylic acids is 2. The van der Waals surface area contributed by atoms with Crippen LogP contribution in [0.3, 0.4) is 0 Å². The quantitative estimate of drug-likeness (QED) is 0.477. The van der Waals surface area contributed by atoms with Crippen molar-refractivity contribution in [2.75, 3.05) is 39.9 Å². The monoisotopic (exact) mass is 483 g/mol. The molecule has 0 spiro atoms. The number of nitrogens with zero attached hydrogens (tertiary/aromatic N) is 2. The first-order valence-corrected chi connectivity index (χ1v) is 12.8. The first-order chi connectivity index (χ1) is 15.9. The second-order valence-electron chi connectivity index (χ2n) is 8.25. The Hall–Kier alpha value is -2.44. The van der Waals surface area contributed by atoms with Crippen LogP contribution in [0.1, 0.15) is 48.9 Å². The van der Waals surface area contributed by atoms with E-state index in [-0.39, 0.29) is 23.8 Å². The minimum absolute atomic E-state index is 0.0670. The molecule has 1 unspecified atom stereocenters. The summed E-state index contributed by atoms with van der Waals surface area (Å²) in [6.07, 6.45) is 6.45. The summed E-state index contributed by atoms with van der Waals surface area (Å²) >= 11 is 0. The highest BCUT2D eigenvalue weighted by molar-refractivity contribution is 7.87. The highest BCUT2D eigenvalue weighted by Gasteiger charge is 2.29. The van der Waals surface area contributed by atoms with Crippen molar-refractivity contribution in [2.45, 2.75) is 44.6 Å². The number of methoxy groups -OCH3 is 1. The number of pyridine rings is 1. The largest absolute Gasteiger partial charge is 0.480 e. The zero-order valence-corrected chi connectivity index (χ0v) is 19.7. The number of carbonyl (C=O) groups is 2. The SMILES string of the molecule is COc1ncccc1C(=O)NCCC1CCN(S(=O)(=O)NC(=O)NCC2CCCCO2)CC1. The molecule has 3 heterocycles. The minimum atomic E-state index is -3.90. The van der Waals surface area contributed by atoms with Gasteiger partial charge in [-0.3, -0.25) is 4.79 Å². The Bertz CT molecular complexity index is 898. The van der Waals surface area contributed by atoms with Crippen molar-refractivity contribution in [1.82, 2.24) is 24.6 Å². The van der Waals surface area contributed by atoms with Crippen LogP contribution < -0.4 is 20.1 Å². The van der Waals surface area contributed by atoms with Gasteiger partial charge in [-0.1, -0.05) is 0 Å². The molecule has 0 aromatic carbocycles. The fourth-order valence-electron chi connectivity index (χ4n) is 4.04. The number of ether oxygens (including phenoxy) is 2. The average molecular weight is 484 g/mol. The molecule has 2 fully saturated rings. The van der Waals surface area contributed by atoms with Gasteiger partial charge in [-0.05, 0) is 56.6 Å². The van der Waals surface area contributed by atoms with E-state index in [2.05, 4.69) is 20.3 Å². The lowest BCUT2D eigenvalue weighted by atomic mass is 9.95. The molecule has 1 aromatic heterocycles. The van der Waals surface area contributed by atoms with Crippen molar-refractivity contribution in [2.24, 2.45) is 5.92 Å². The number of rotatable bonds is 9. The molecule has 3 amide bonds. The fraction of sp³-hybridized carbons (Fsp3) is 0.667. The van der Waals surface area contributed by atoms with Crippen LogP contribution in [0.5, 0.6) is 5.88 Å². The summed E-state index contributed by atoms with van der Waals surface area (Å²) in [5.41, 5.74) is 0.375. The Kier molecular flexibility index (Phi) is 9.27. The molecule has 184 valence electrons.